The number of furan rings is 1. The van der Waals surface area contributed by atoms with Gasteiger partial charge in [0.1, 0.15) is 11.2 Å². The quantitative estimate of drug-likeness (QED) is 0.165. The molecule has 0 saturated heterocycles. The lowest BCUT2D eigenvalue weighted by atomic mass is 9.82. The summed E-state index contributed by atoms with van der Waals surface area (Å²) < 4.78 is 266. The third-order valence-electron chi connectivity index (χ3n) is 8.33. The summed E-state index contributed by atoms with van der Waals surface area (Å²) in [6.45, 7) is 0. The number of benzene rings is 9. The molecular formula is C50H32O. The lowest BCUT2D eigenvalue weighted by Crippen LogP contribution is -1.93. The van der Waals surface area contributed by atoms with Crippen molar-refractivity contribution < 1.29 is 44.2 Å². The van der Waals surface area contributed by atoms with E-state index in [2.05, 4.69) is 0 Å². The first-order valence-corrected chi connectivity index (χ1v) is 15.1. The maximum atomic E-state index is 9.71. The van der Waals surface area contributed by atoms with Crippen molar-refractivity contribution in [3.8, 4) is 55.6 Å². The minimum Gasteiger partial charge on any atom is -0.455 e. The molecule has 0 bridgehead atoms. The number of para-hydroxylation sites is 2. The van der Waals surface area contributed by atoms with Crippen LogP contribution in [0.2, 0.25) is 0 Å². The van der Waals surface area contributed by atoms with Crippen LogP contribution in [0.5, 0.6) is 0 Å². The number of hydrogen-bond donors (Lipinski definition) is 0. The van der Waals surface area contributed by atoms with Crippen LogP contribution in [0.25, 0.3) is 99.1 Å². The molecule has 0 radical (unpaired) electrons. The Morgan fingerprint density at radius 1 is 0.294 bits per heavy atom. The second-order valence-corrected chi connectivity index (χ2v) is 11.0. The van der Waals surface area contributed by atoms with Gasteiger partial charge in [0.05, 0.1) is 39.8 Å². The first-order valence-electron chi connectivity index (χ1n) is 29.6. The average Bonchev–Trinajstić information content (AvgIpc) is 3.26. The molecule has 0 aliphatic rings. The molecule has 0 N–H and O–H groups in total. The normalized spacial score (nSPS) is 19.5. The van der Waals surface area contributed by atoms with Crippen LogP contribution in [0, 0.1) is 0 Å². The van der Waals surface area contributed by atoms with Gasteiger partial charge >= 0.3 is 0 Å². The van der Waals surface area contributed by atoms with E-state index in [1.807, 2.05) is 0 Å². The molecule has 238 valence electrons. The molecule has 1 heteroatoms. The van der Waals surface area contributed by atoms with Gasteiger partial charge in [-0.25, -0.2) is 0 Å². The van der Waals surface area contributed by atoms with E-state index in [0.717, 1.165) is 12.1 Å². The van der Waals surface area contributed by atoms with Crippen molar-refractivity contribution in [2.24, 2.45) is 0 Å². The highest BCUT2D eigenvalue weighted by Gasteiger charge is 2.22. The van der Waals surface area contributed by atoms with Gasteiger partial charge in [0, 0.05) is 27.5 Å². The van der Waals surface area contributed by atoms with Gasteiger partial charge in [0.2, 0.25) is 0 Å². The second-order valence-electron chi connectivity index (χ2n) is 11.0. The Bertz CT molecular complexity index is 4410. The minimum atomic E-state index is -1.01. The largest absolute Gasteiger partial charge is 0.455 e. The Kier molecular flexibility index (Phi) is 2.89. The van der Waals surface area contributed by atoms with Crippen LogP contribution in [-0.4, -0.2) is 0 Å². The monoisotopic (exact) mass is 677 g/mol. The van der Waals surface area contributed by atoms with E-state index in [1.165, 1.54) is 6.07 Å². The van der Waals surface area contributed by atoms with Gasteiger partial charge in [-0.05, 0) is 66.6 Å². The molecule has 1 heterocycles. The summed E-state index contributed by atoms with van der Waals surface area (Å²) in [5.74, 6) is 0. The molecule has 1 aromatic heterocycles. The summed E-state index contributed by atoms with van der Waals surface area (Å²) in [5, 5.41) is -3.94. The molecule has 10 rings (SSSR count). The Labute approximate surface area is 337 Å². The number of rotatable bonds is 5. The first-order chi connectivity index (χ1) is 37.4. The average molecular weight is 678 g/mol. The standard InChI is InChI=1S/C50H32O/c1-4-16-33(17-5-1)36-30-31-37(34-18-6-2-7-19-34)46(32-36)48-41-24-12-10-22-39(41)47(40-23-11-13-25-42(40)48)45-29-15-28-44-43-27-14-26-38(49(43)51-50(44)45)35-20-8-3-9-21-35/h1-32H/i1D,2D,3D,4D,5D,6D,7D,8D,9D,10D,11D,12D,13D,14D,15D,16D,17D,18D,19D,20D,21D,22D,23D,24D,25D,26D,27D,28D,29D. The zero-order valence-electron chi connectivity index (χ0n) is 54.6. The highest BCUT2D eigenvalue weighted by molar-refractivity contribution is 6.25. The summed E-state index contributed by atoms with van der Waals surface area (Å²) >= 11 is 0. The van der Waals surface area contributed by atoms with Crippen LogP contribution in [-0.2, 0) is 0 Å². The van der Waals surface area contributed by atoms with E-state index in [9.17, 15) is 9.60 Å². The van der Waals surface area contributed by atoms with Crippen LogP contribution in [0.1, 0.15) is 39.8 Å². The number of hydrogen-bond acceptors (Lipinski definition) is 1. The van der Waals surface area contributed by atoms with Gasteiger partial charge in [-0.3, -0.25) is 0 Å². The van der Waals surface area contributed by atoms with Gasteiger partial charge < -0.3 is 4.42 Å². The molecule has 0 unspecified atom stereocenters. The molecule has 0 aliphatic heterocycles. The van der Waals surface area contributed by atoms with Crippen LogP contribution in [0.15, 0.2) is 198 Å². The molecule has 10 aromatic rings. The van der Waals surface area contributed by atoms with E-state index < -0.39 is 263 Å². The Morgan fingerprint density at radius 2 is 0.706 bits per heavy atom. The van der Waals surface area contributed by atoms with E-state index in [-0.39, 0.29) is 11.1 Å². The fourth-order valence-electron chi connectivity index (χ4n) is 6.22. The second kappa shape index (κ2) is 12.0. The van der Waals surface area contributed by atoms with Crippen molar-refractivity contribution >= 4 is 43.5 Å². The smallest absolute Gasteiger partial charge is 0.143 e. The van der Waals surface area contributed by atoms with Crippen molar-refractivity contribution in [2.75, 3.05) is 0 Å². The first kappa shape index (κ1) is 12.3. The Hall–Kier alpha value is -6.70. The summed E-state index contributed by atoms with van der Waals surface area (Å²) in [5.41, 5.74) is -6.96. The maximum Gasteiger partial charge on any atom is 0.143 e. The highest BCUT2D eigenvalue weighted by Crippen LogP contribution is 2.49. The van der Waals surface area contributed by atoms with Gasteiger partial charge in [-0.15, -0.1) is 0 Å². The maximum absolute atomic E-state index is 9.71. The third kappa shape index (κ3) is 4.78. The fourth-order valence-corrected chi connectivity index (χ4v) is 6.22. The lowest BCUT2D eigenvalue weighted by molar-refractivity contribution is 0.671. The zero-order chi connectivity index (χ0) is 59.0. The van der Waals surface area contributed by atoms with Gasteiger partial charge in [-0.1, -0.05) is 187 Å². The molecule has 1 nitrogen and oxygen atoms in total. The van der Waals surface area contributed by atoms with Crippen molar-refractivity contribution in [3.63, 3.8) is 0 Å². The summed E-state index contributed by atoms with van der Waals surface area (Å²) in [6, 6.07) is -22.6. The minimum absolute atomic E-state index is 0.244. The van der Waals surface area contributed by atoms with E-state index >= 15 is 0 Å². The molecule has 0 aliphatic carbocycles. The van der Waals surface area contributed by atoms with Crippen LogP contribution >= 0.6 is 0 Å². The third-order valence-corrected chi connectivity index (χ3v) is 8.33. The molecule has 0 spiro atoms. The van der Waals surface area contributed by atoms with E-state index in [4.69, 9.17) is 34.6 Å². The van der Waals surface area contributed by atoms with Crippen molar-refractivity contribution in [3.05, 3.63) is 193 Å². The van der Waals surface area contributed by atoms with Crippen molar-refractivity contribution in [2.45, 2.75) is 0 Å². The molecule has 9 aromatic carbocycles. The summed E-state index contributed by atoms with van der Waals surface area (Å²) in [7, 11) is 0. The zero-order valence-corrected chi connectivity index (χ0v) is 25.6. The van der Waals surface area contributed by atoms with Crippen LogP contribution < -0.4 is 0 Å². The van der Waals surface area contributed by atoms with E-state index in [0.29, 0.717) is 0 Å². The van der Waals surface area contributed by atoms with Gasteiger partial charge in [0.25, 0.3) is 0 Å². The molecule has 0 atom stereocenters. The Balaban J connectivity index is 1.53. The molecule has 0 fully saturated rings. The summed E-state index contributed by atoms with van der Waals surface area (Å²) in [6.07, 6.45) is 0. The number of fused-ring (bicyclic) bond motifs is 5. The highest BCUT2D eigenvalue weighted by atomic mass is 16.3. The lowest BCUT2D eigenvalue weighted by Gasteiger charge is -2.20. The van der Waals surface area contributed by atoms with Crippen LogP contribution in [0.3, 0.4) is 0 Å². The van der Waals surface area contributed by atoms with Crippen molar-refractivity contribution in [1.29, 1.82) is 0 Å². The van der Waals surface area contributed by atoms with Crippen molar-refractivity contribution in [1.82, 2.24) is 0 Å². The van der Waals surface area contributed by atoms with E-state index in [1.54, 1.807) is 0 Å². The molecule has 0 saturated carbocycles. The SMILES string of the molecule is [2H]c1c([2H])c([2H])c(-c2ccc(-c3c([2H])c([2H])c([2H])c([2H])c3[2H])c(-c3c4c([2H])c([2H])c([2H])c([2H])c4c(-c4c([2H])c([2H])c([2H])c5c4oc4c(-c6c([2H])c([2H])c([2H])c([2H])c6[2H])c([2H])c([2H])c([2H])c45)c4c([2H])c([2H])c([2H])c([2H])c34)c2)c([2H])c1[2H]. The predicted molar refractivity (Wildman–Crippen MR) is 216 cm³/mol. The fraction of sp³-hybridized carbons (Fsp3) is 0. The van der Waals surface area contributed by atoms with Gasteiger partial charge in [0.15, 0.2) is 0 Å². The molecular weight excluding hydrogens is 617 g/mol. The van der Waals surface area contributed by atoms with Crippen LogP contribution in [0.4, 0.5) is 0 Å². The molecule has 0 amide bonds. The molecule has 51 heavy (non-hydrogen) atoms. The predicted octanol–water partition coefficient (Wildman–Crippen LogP) is 14.2. The van der Waals surface area contributed by atoms with Gasteiger partial charge in [-0.2, -0.15) is 0 Å². The summed E-state index contributed by atoms with van der Waals surface area (Å²) in [4.78, 5) is 0. The topological polar surface area (TPSA) is 13.1 Å². The Morgan fingerprint density at radius 3 is 1.25 bits per heavy atom.